The highest BCUT2D eigenvalue weighted by atomic mass is 19.1. The molecule has 1 atom stereocenters. The number of anilines is 1. The molecule has 0 aliphatic carbocycles. The Morgan fingerprint density at radius 3 is 2.75 bits per heavy atom. The first-order valence-corrected chi connectivity index (χ1v) is 7.95. The lowest BCUT2D eigenvalue weighted by Crippen LogP contribution is -2.18. The van der Waals surface area contributed by atoms with Crippen molar-refractivity contribution in [1.29, 1.82) is 0 Å². The minimum absolute atomic E-state index is 0.141. The van der Waals surface area contributed by atoms with Crippen LogP contribution in [0.15, 0.2) is 54.4 Å². The molecule has 0 spiro atoms. The minimum atomic E-state index is -0.226. The Labute approximate surface area is 140 Å². The van der Waals surface area contributed by atoms with Crippen molar-refractivity contribution in [3.05, 3.63) is 71.3 Å². The minimum Gasteiger partial charge on any atom is -0.489 e. The third-order valence-corrected chi connectivity index (χ3v) is 4.22. The van der Waals surface area contributed by atoms with Gasteiger partial charge in [0.15, 0.2) is 0 Å². The fourth-order valence-corrected chi connectivity index (χ4v) is 2.82. The summed E-state index contributed by atoms with van der Waals surface area (Å²) in [4.78, 5) is 0. The first-order valence-electron chi connectivity index (χ1n) is 7.95. The number of rotatable bonds is 5. The number of nitrogens with one attached hydrogen (secondary N) is 1. The number of nitrogens with two attached hydrogens (primary N) is 1. The molecular weight excluding hydrogens is 310 g/mol. The standard InChI is InChI=1S/C19H20F2N2O/c20-10-13(11-22)12-24-17-6-8-19-15(9-17)3-7-18(23-19)14-1-4-16(21)5-2-14/h1-2,4-6,8-10,18,23H,3,7,11-12,22H2/b13-10-. The van der Waals surface area contributed by atoms with E-state index in [0.29, 0.717) is 17.7 Å². The van der Waals surface area contributed by atoms with Gasteiger partial charge in [-0.1, -0.05) is 12.1 Å². The fourth-order valence-electron chi connectivity index (χ4n) is 2.82. The van der Waals surface area contributed by atoms with Gasteiger partial charge >= 0.3 is 0 Å². The second kappa shape index (κ2) is 7.45. The average molecular weight is 330 g/mol. The summed E-state index contributed by atoms with van der Waals surface area (Å²) < 4.78 is 31.1. The second-order valence-corrected chi connectivity index (χ2v) is 5.87. The summed E-state index contributed by atoms with van der Waals surface area (Å²) in [6, 6.07) is 12.5. The van der Waals surface area contributed by atoms with Gasteiger partial charge in [0.1, 0.15) is 18.2 Å². The molecule has 3 rings (SSSR count). The van der Waals surface area contributed by atoms with E-state index < -0.39 is 0 Å². The van der Waals surface area contributed by atoms with Gasteiger partial charge in [-0.15, -0.1) is 0 Å². The number of ether oxygens (including phenoxy) is 1. The molecule has 1 heterocycles. The summed E-state index contributed by atoms with van der Waals surface area (Å²) in [5, 5.41) is 3.48. The van der Waals surface area contributed by atoms with Crippen molar-refractivity contribution in [3.63, 3.8) is 0 Å². The van der Waals surface area contributed by atoms with Crippen LogP contribution in [0.1, 0.15) is 23.6 Å². The van der Waals surface area contributed by atoms with E-state index in [2.05, 4.69) is 5.32 Å². The Morgan fingerprint density at radius 2 is 2.04 bits per heavy atom. The van der Waals surface area contributed by atoms with Crippen molar-refractivity contribution in [2.24, 2.45) is 5.73 Å². The van der Waals surface area contributed by atoms with Gasteiger partial charge in [0.2, 0.25) is 0 Å². The zero-order valence-electron chi connectivity index (χ0n) is 13.3. The van der Waals surface area contributed by atoms with Gasteiger partial charge < -0.3 is 15.8 Å². The highest BCUT2D eigenvalue weighted by molar-refractivity contribution is 5.57. The van der Waals surface area contributed by atoms with E-state index in [1.165, 1.54) is 12.1 Å². The second-order valence-electron chi connectivity index (χ2n) is 5.87. The molecule has 0 aromatic heterocycles. The maximum absolute atomic E-state index is 13.0. The van der Waals surface area contributed by atoms with Gasteiger partial charge in [-0.05, 0) is 54.3 Å². The molecule has 2 aromatic carbocycles. The SMILES string of the molecule is NC/C(=C/F)COc1ccc2c(c1)CCC(c1ccc(F)cc1)N2. The van der Waals surface area contributed by atoms with E-state index >= 15 is 0 Å². The van der Waals surface area contributed by atoms with Crippen LogP contribution in [0.2, 0.25) is 0 Å². The Morgan fingerprint density at radius 1 is 1.25 bits per heavy atom. The molecule has 0 radical (unpaired) electrons. The van der Waals surface area contributed by atoms with Crippen LogP contribution in [0.5, 0.6) is 5.75 Å². The third-order valence-electron chi connectivity index (χ3n) is 4.22. The molecule has 0 fully saturated rings. The van der Waals surface area contributed by atoms with Crippen LogP contribution < -0.4 is 15.8 Å². The van der Waals surface area contributed by atoms with Crippen molar-refractivity contribution < 1.29 is 13.5 Å². The molecule has 3 N–H and O–H groups in total. The quantitative estimate of drug-likeness (QED) is 0.867. The summed E-state index contributed by atoms with van der Waals surface area (Å²) in [7, 11) is 0. The number of hydrogen-bond donors (Lipinski definition) is 2. The number of hydrogen-bond acceptors (Lipinski definition) is 3. The van der Waals surface area contributed by atoms with Gasteiger partial charge in [-0.3, -0.25) is 0 Å². The largest absolute Gasteiger partial charge is 0.489 e. The maximum atomic E-state index is 13.0. The molecule has 0 saturated carbocycles. The normalized spacial score (nSPS) is 17.1. The monoisotopic (exact) mass is 330 g/mol. The van der Waals surface area contributed by atoms with E-state index in [-0.39, 0.29) is 25.0 Å². The Balaban J connectivity index is 1.69. The molecular formula is C19H20F2N2O. The predicted octanol–water partition coefficient (Wildman–Crippen LogP) is 4.12. The molecule has 0 saturated heterocycles. The molecule has 2 aromatic rings. The molecule has 0 amide bonds. The van der Waals surface area contributed by atoms with Crippen molar-refractivity contribution in [2.75, 3.05) is 18.5 Å². The Bertz CT molecular complexity index is 729. The summed E-state index contributed by atoms with van der Waals surface area (Å²) >= 11 is 0. The molecule has 126 valence electrons. The van der Waals surface area contributed by atoms with E-state index in [4.69, 9.17) is 10.5 Å². The maximum Gasteiger partial charge on any atom is 0.123 e. The van der Waals surface area contributed by atoms with Gasteiger partial charge in [-0.25, -0.2) is 8.78 Å². The number of aryl methyl sites for hydroxylation is 1. The van der Waals surface area contributed by atoms with Gasteiger partial charge in [0, 0.05) is 17.8 Å². The molecule has 0 bridgehead atoms. The molecule has 3 nitrogen and oxygen atoms in total. The summed E-state index contributed by atoms with van der Waals surface area (Å²) in [6.07, 6.45) is 2.30. The smallest absolute Gasteiger partial charge is 0.123 e. The van der Waals surface area contributed by atoms with Crippen molar-refractivity contribution in [1.82, 2.24) is 0 Å². The van der Waals surface area contributed by atoms with Crippen molar-refractivity contribution in [2.45, 2.75) is 18.9 Å². The zero-order chi connectivity index (χ0) is 16.9. The predicted molar refractivity (Wildman–Crippen MR) is 91.3 cm³/mol. The van der Waals surface area contributed by atoms with Crippen LogP contribution in [-0.4, -0.2) is 13.2 Å². The highest BCUT2D eigenvalue weighted by Gasteiger charge is 2.19. The van der Waals surface area contributed by atoms with Crippen molar-refractivity contribution in [3.8, 4) is 5.75 Å². The van der Waals surface area contributed by atoms with Crippen LogP contribution >= 0.6 is 0 Å². The molecule has 24 heavy (non-hydrogen) atoms. The lowest BCUT2D eigenvalue weighted by molar-refractivity contribution is 0.347. The highest BCUT2D eigenvalue weighted by Crippen LogP contribution is 2.34. The molecule has 1 unspecified atom stereocenters. The van der Waals surface area contributed by atoms with Gasteiger partial charge in [-0.2, -0.15) is 0 Å². The zero-order valence-corrected chi connectivity index (χ0v) is 13.3. The van der Waals surface area contributed by atoms with E-state index in [0.717, 1.165) is 29.7 Å². The van der Waals surface area contributed by atoms with Gasteiger partial charge in [0.25, 0.3) is 0 Å². The van der Waals surface area contributed by atoms with Crippen LogP contribution in [0, 0.1) is 5.82 Å². The third kappa shape index (κ3) is 3.74. The average Bonchev–Trinajstić information content (AvgIpc) is 2.62. The first-order chi connectivity index (χ1) is 11.7. The summed E-state index contributed by atoms with van der Waals surface area (Å²) in [6.45, 7) is 0.291. The van der Waals surface area contributed by atoms with Gasteiger partial charge in [0.05, 0.1) is 12.4 Å². The van der Waals surface area contributed by atoms with E-state index in [9.17, 15) is 8.78 Å². The number of fused-ring (bicyclic) bond motifs is 1. The Kier molecular flexibility index (Phi) is 5.11. The van der Waals surface area contributed by atoms with Crippen LogP contribution in [0.25, 0.3) is 0 Å². The number of benzene rings is 2. The molecule has 1 aliphatic rings. The van der Waals surface area contributed by atoms with Crippen molar-refractivity contribution >= 4 is 5.69 Å². The Hall–Kier alpha value is -2.40. The summed E-state index contributed by atoms with van der Waals surface area (Å²) in [5.41, 5.74) is 9.11. The van der Waals surface area contributed by atoms with Crippen LogP contribution in [0.3, 0.4) is 0 Å². The summed E-state index contributed by atoms with van der Waals surface area (Å²) in [5.74, 6) is 0.472. The van der Waals surface area contributed by atoms with Crippen LogP contribution in [-0.2, 0) is 6.42 Å². The molecule has 1 aliphatic heterocycles. The number of halogens is 2. The molecule has 5 heteroatoms. The van der Waals surface area contributed by atoms with E-state index in [1.54, 1.807) is 0 Å². The first kappa shape index (κ1) is 16.5. The fraction of sp³-hybridized carbons (Fsp3) is 0.263. The lowest BCUT2D eigenvalue weighted by atomic mass is 9.93. The topological polar surface area (TPSA) is 47.3 Å². The van der Waals surface area contributed by atoms with E-state index in [1.807, 2.05) is 30.3 Å². The lowest BCUT2D eigenvalue weighted by Gasteiger charge is -2.28. The van der Waals surface area contributed by atoms with Crippen LogP contribution in [0.4, 0.5) is 14.5 Å².